The molecule has 2 rings (SSSR count). The lowest BCUT2D eigenvalue weighted by Crippen LogP contribution is -2.50. The Kier molecular flexibility index (Phi) is 6.01. The van der Waals surface area contributed by atoms with Crippen molar-refractivity contribution < 1.29 is 17.9 Å². The third kappa shape index (κ3) is 5.51. The lowest BCUT2D eigenvalue weighted by molar-refractivity contribution is -0.122. The van der Waals surface area contributed by atoms with Crippen LogP contribution < -0.4 is 15.4 Å². The van der Waals surface area contributed by atoms with E-state index in [1.807, 2.05) is 0 Å². The van der Waals surface area contributed by atoms with Gasteiger partial charge in [-0.05, 0) is 43.1 Å². The van der Waals surface area contributed by atoms with E-state index < -0.39 is 9.84 Å². The number of carbonyl (C=O) groups is 1. The van der Waals surface area contributed by atoms with Crippen LogP contribution >= 0.6 is 0 Å². The first-order valence-corrected chi connectivity index (χ1v) is 9.68. The lowest BCUT2D eigenvalue weighted by atomic mass is 9.95. The molecular formula is C16H24N2O4S. The summed E-state index contributed by atoms with van der Waals surface area (Å²) in [5.74, 6) is 1.00. The Bertz CT molecular complexity index is 628. The van der Waals surface area contributed by atoms with Crippen molar-refractivity contribution in [2.24, 2.45) is 5.92 Å². The molecule has 1 fully saturated rings. The van der Waals surface area contributed by atoms with Gasteiger partial charge in [0.1, 0.15) is 5.75 Å². The molecule has 1 aromatic rings. The molecule has 1 aliphatic rings. The number of rotatable bonds is 6. The van der Waals surface area contributed by atoms with E-state index in [1.54, 1.807) is 12.1 Å². The molecule has 1 saturated heterocycles. The molecule has 1 aromatic carbocycles. The molecule has 0 spiro atoms. The zero-order valence-corrected chi connectivity index (χ0v) is 14.4. The second kappa shape index (κ2) is 7.79. The Labute approximate surface area is 137 Å². The summed E-state index contributed by atoms with van der Waals surface area (Å²) in [5.41, 5.74) is 0. The molecule has 2 atom stereocenters. The van der Waals surface area contributed by atoms with E-state index in [0.29, 0.717) is 11.7 Å². The first-order chi connectivity index (χ1) is 10.9. The fraction of sp³-hybridized carbons (Fsp3) is 0.562. The number of carbonyl (C=O) groups excluding carboxylic acids is 1. The third-order valence-corrected chi connectivity index (χ3v) is 5.15. The van der Waals surface area contributed by atoms with Gasteiger partial charge >= 0.3 is 0 Å². The van der Waals surface area contributed by atoms with Crippen LogP contribution in [0.15, 0.2) is 29.2 Å². The van der Waals surface area contributed by atoms with Crippen molar-refractivity contribution in [3.63, 3.8) is 0 Å². The maximum Gasteiger partial charge on any atom is 0.223 e. The van der Waals surface area contributed by atoms with Gasteiger partial charge in [-0.2, -0.15) is 0 Å². The molecule has 0 aromatic heterocycles. The fourth-order valence-electron chi connectivity index (χ4n) is 2.51. The number of hydrogen-bond donors (Lipinski definition) is 2. The topological polar surface area (TPSA) is 84.5 Å². The van der Waals surface area contributed by atoms with Crippen LogP contribution in [0, 0.1) is 5.92 Å². The highest BCUT2D eigenvalue weighted by molar-refractivity contribution is 7.90. The molecule has 1 heterocycles. The predicted molar refractivity (Wildman–Crippen MR) is 88.2 cm³/mol. The van der Waals surface area contributed by atoms with E-state index in [1.165, 1.54) is 12.1 Å². The van der Waals surface area contributed by atoms with Crippen molar-refractivity contribution in [1.29, 1.82) is 0 Å². The maximum absolute atomic E-state index is 11.9. The summed E-state index contributed by atoms with van der Waals surface area (Å²) >= 11 is 0. The quantitative estimate of drug-likeness (QED) is 0.806. The van der Waals surface area contributed by atoms with E-state index in [-0.39, 0.29) is 29.9 Å². The number of nitrogens with one attached hydrogen (secondary N) is 2. The molecular weight excluding hydrogens is 316 g/mol. The molecule has 0 radical (unpaired) electrons. The van der Waals surface area contributed by atoms with Crippen LogP contribution in [-0.2, 0) is 14.6 Å². The summed E-state index contributed by atoms with van der Waals surface area (Å²) < 4.78 is 28.2. The van der Waals surface area contributed by atoms with Crippen LogP contribution in [-0.4, -0.2) is 46.3 Å². The van der Waals surface area contributed by atoms with Crippen molar-refractivity contribution in [2.45, 2.75) is 30.7 Å². The minimum atomic E-state index is -3.20. The molecule has 7 heteroatoms. The maximum atomic E-state index is 11.9. The number of benzene rings is 1. The monoisotopic (exact) mass is 340 g/mol. The molecule has 2 N–H and O–H groups in total. The largest absolute Gasteiger partial charge is 0.493 e. The van der Waals surface area contributed by atoms with Crippen molar-refractivity contribution in [2.75, 3.05) is 26.0 Å². The van der Waals surface area contributed by atoms with Gasteiger partial charge in [0.2, 0.25) is 5.91 Å². The van der Waals surface area contributed by atoms with Crippen LogP contribution in [0.2, 0.25) is 0 Å². The smallest absolute Gasteiger partial charge is 0.223 e. The lowest BCUT2D eigenvalue weighted by Gasteiger charge is -2.30. The highest BCUT2D eigenvalue weighted by Gasteiger charge is 2.22. The van der Waals surface area contributed by atoms with E-state index in [4.69, 9.17) is 4.74 Å². The average molecular weight is 340 g/mol. The third-order valence-electron chi connectivity index (χ3n) is 4.02. The van der Waals surface area contributed by atoms with Crippen LogP contribution in [0.25, 0.3) is 0 Å². The van der Waals surface area contributed by atoms with E-state index >= 15 is 0 Å². The Morgan fingerprint density at radius 1 is 1.35 bits per heavy atom. The fourth-order valence-corrected chi connectivity index (χ4v) is 3.14. The predicted octanol–water partition coefficient (Wildman–Crippen LogP) is 0.973. The van der Waals surface area contributed by atoms with Crippen molar-refractivity contribution in [3.8, 4) is 5.75 Å². The second-order valence-corrected chi connectivity index (χ2v) is 8.00. The van der Waals surface area contributed by atoms with Gasteiger partial charge in [0.05, 0.1) is 17.9 Å². The number of sulfone groups is 1. The van der Waals surface area contributed by atoms with Crippen LogP contribution in [0.1, 0.15) is 19.8 Å². The van der Waals surface area contributed by atoms with Crippen molar-refractivity contribution in [3.05, 3.63) is 24.3 Å². The number of amides is 1. The van der Waals surface area contributed by atoms with Gasteiger partial charge in [0.25, 0.3) is 0 Å². The van der Waals surface area contributed by atoms with Gasteiger partial charge in [-0.15, -0.1) is 0 Å². The van der Waals surface area contributed by atoms with Crippen LogP contribution in [0.3, 0.4) is 0 Å². The van der Waals surface area contributed by atoms with Gasteiger partial charge in [-0.25, -0.2) is 8.42 Å². The van der Waals surface area contributed by atoms with Crippen LogP contribution in [0.5, 0.6) is 5.75 Å². The Hall–Kier alpha value is -1.60. The molecule has 128 valence electrons. The highest BCUT2D eigenvalue weighted by Crippen LogP contribution is 2.16. The van der Waals surface area contributed by atoms with Crippen molar-refractivity contribution >= 4 is 15.7 Å². The molecule has 0 bridgehead atoms. The summed E-state index contributed by atoms with van der Waals surface area (Å²) in [6.45, 7) is 4.21. The van der Waals surface area contributed by atoms with E-state index in [0.717, 1.165) is 25.8 Å². The molecule has 6 nitrogen and oxygen atoms in total. The minimum Gasteiger partial charge on any atom is -0.493 e. The first kappa shape index (κ1) is 17.7. The summed E-state index contributed by atoms with van der Waals surface area (Å²) in [6, 6.07) is 6.37. The number of ether oxygens (including phenoxy) is 1. The molecule has 23 heavy (non-hydrogen) atoms. The highest BCUT2D eigenvalue weighted by atomic mass is 32.2. The molecule has 0 saturated carbocycles. The van der Waals surface area contributed by atoms with Crippen LogP contribution in [0.4, 0.5) is 0 Å². The molecule has 2 unspecified atom stereocenters. The first-order valence-electron chi connectivity index (χ1n) is 7.79. The van der Waals surface area contributed by atoms with Gasteiger partial charge < -0.3 is 15.4 Å². The normalized spacial score (nSPS) is 21.7. The van der Waals surface area contributed by atoms with Gasteiger partial charge in [0.15, 0.2) is 9.84 Å². The van der Waals surface area contributed by atoms with Gasteiger partial charge in [0, 0.05) is 18.8 Å². The second-order valence-electron chi connectivity index (χ2n) is 5.99. The van der Waals surface area contributed by atoms with Gasteiger partial charge in [-0.3, -0.25) is 4.79 Å². The SMILES string of the molecule is CC1CCNCC1NC(=O)CCOc1ccc(S(C)(=O)=O)cc1. The van der Waals surface area contributed by atoms with Crippen molar-refractivity contribution in [1.82, 2.24) is 10.6 Å². The summed E-state index contributed by atoms with van der Waals surface area (Å²) in [4.78, 5) is 12.2. The zero-order chi connectivity index (χ0) is 16.9. The number of hydrogen-bond acceptors (Lipinski definition) is 5. The minimum absolute atomic E-state index is 0.0293. The Morgan fingerprint density at radius 2 is 2.04 bits per heavy atom. The Balaban J connectivity index is 1.75. The molecule has 1 amide bonds. The average Bonchev–Trinajstić information content (AvgIpc) is 2.49. The van der Waals surface area contributed by atoms with E-state index in [2.05, 4.69) is 17.6 Å². The molecule has 0 aliphatic carbocycles. The van der Waals surface area contributed by atoms with E-state index in [9.17, 15) is 13.2 Å². The Morgan fingerprint density at radius 3 is 2.65 bits per heavy atom. The summed E-state index contributed by atoms with van der Waals surface area (Å²) in [6.07, 6.45) is 2.50. The number of piperidine rings is 1. The molecule has 1 aliphatic heterocycles. The zero-order valence-electron chi connectivity index (χ0n) is 13.5. The summed E-state index contributed by atoms with van der Waals surface area (Å²) in [7, 11) is -3.20. The standard InChI is InChI=1S/C16H24N2O4S/c1-12-7-9-17-11-15(12)18-16(19)8-10-22-13-3-5-14(6-4-13)23(2,20)21/h3-6,12,15,17H,7-11H2,1-2H3,(H,18,19). The van der Waals surface area contributed by atoms with Gasteiger partial charge in [-0.1, -0.05) is 6.92 Å². The summed E-state index contributed by atoms with van der Waals surface area (Å²) in [5, 5.41) is 6.30.